The Morgan fingerprint density at radius 3 is 2.96 bits per heavy atom. The van der Waals surface area contributed by atoms with Gasteiger partial charge >= 0.3 is 0 Å². The minimum absolute atomic E-state index is 0.321. The molecule has 0 bridgehead atoms. The van der Waals surface area contributed by atoms with Gasteiger partial charge in [0, 0.05) is 43.0 Å². The van der Waals surface area contributed by atoms with E-state index in [4.69, 9.17) is 0 Å². The van der Waals surface area contributed by atoms with E-state index in [1.807, 2.05) is 10.3 Å². The molecular formula is C17H20N4OS. The lowest BCUT2D eigenvalue weighted by Crippen LogP contribution is -2.28. The molecule has 0 spiro atoms. The molecule has 4 rings (SSSR count). The van der Waals surface area contributed by atoms with Crippen LogP contribution in [0, 0.1) is 0 Å². The van der Waals surface area contributed by atoms with Gasteiger partial charge in [-0.05, 0) is 36.0 Å². The van der Waals surface area contributed by atoms with Crippen LogP contribution in [0.4, 0.5) is 5.69 Å². The Morgan fingerprint density at radius 2 is 2.17 bits per heavy atom. The maximum Gasteiger partial charge on any atom is 0.222 e. The SMILES string of the molecule is O=C1CCCN1CCC1CN(Cc2csnn2)c2ccccc21. The number of hydrogen-bond acceptors (Lipinski definition) is 5. The molecule has 23 heavy (non-hydrogen) atoms. The minimum atomic E-state index is 0.321. The number of amides is 1. The Bertz CT molecular complexity index is 688. The Balaban J connectivity index is 1.47. The monoisotopic (exact) mass is 328 g/mol. The van der Waals surface area contributed by atoms with Crippen LogP contribution in [0.15, 0.2) is 29.6 Å². The fraction of sp³-hybridized carbons (Fsp3) is 0.471. The van der Waals surface area contributed by atoms with E-state index in [-0.39, 0.29) is 0 Å². The first-order valence-corrected chi connectivity index (χ1v) is 9.02. The molecule has 2 aromatic rings. The zero-order chi connectivity index (χ0) is 15.6. The van der Waals surface area contributed by atoms with Gasteiger partial charge in [-0.2, -0.15) is 0 Å². The number of hydrogen-bond donors (Lipinski definition) is 0. The summed E-state index contributed by atoms with van der Waals surface area (Å²) >= 11 is 1.40. The van der Waals surface area contributed by atoms with E-state index in [9.17, 15) is 4.79 Å². The van der Waals surface area contributed by atoms with Crippen LogP contribution in [0.25, 0.3) is 0 Å². The molecule has 1 amide bonds. The average molecular weight is 328 g/mol. The number of aromatic nitrogens is 2. The van der Waals surface area contributed by atoms with Crippen LogP contribution in [0.3, 0.4) is 0 Å². The molecule has 0 radical (unpaired) electrons. The number of nitrogens with zero attached hydrogens (tertiary/aromatic N) is 4. The van der Waals surface area contributed by atoms with Crippen molar-refractivity contribution < 1.29 is 4.79 Å². The van der Waals surface area contributed by atoms with E-state index in [0.29, 0.717) is 11.8 Å². The Kier molecular flexibility index (Phi) is 3.99. The molecule has 0 saturated carbocycles. The largest absolute Gasteiger partial charge is 0.365 e. The van der Waals surface area contributed by atoms with Crippen molar-refractivity contribution in [2.45, 2.75) is 31.7 Å². The van der Waals surface area contributed by atoms with Crippen molar-refractivity contribution in [2.24, 2.45) is 0 Å². The molecule has 2 aliphatic rings. The maximum absolute atomic E-state index is 11.8. The minimum Gasteiger partial charge on any atom is -0.365 e. The van der Waals surface area contributed by atoms with Gasteiger partial charge in [-0.1, -0.05) is 22.7 Å². The summed E-state index contributed by atoms with van der Waals surface area (Å²) in [5, 5.41) is 6.18. The average Bonchev–Trinajstić information content (AvgIpc) is 3.28. The zero-order valence-electron chi connectivity index (χ0n) is 13.0. The highest BCUT2D eigenvalue weighted by atomic mass is 32.1. The first-order valence-electron chi connectivity index (χ1n) is 8.19. The molecule has 1 unspecified atom stereocenters. The van der Waals surface area contributed by atoms with E-state index in [0.717, 1.165) is 51.1 Å². The maximum atomic E-state index is 11.8. The smallest absolute Gasteiger partial charge is 0.222 e. The van der Waals surface area contributed by atoms with E-state index in [2.05, 4.69) is 38.8 Å². The second-order valence-electron chi connectivity index (χ2n) is 6.31. The van der Waals surface area contributed by atoms with Gasteiger partial charge in [-0.15, -0.1) is 5.10 Å². The lowest BCUT2D eigenvalue weighted by atomic mass is 9.98. The van der Waals surface area contributed by atoms with Crippen molar-refractivity contribution in [1.82, 2.24) is 14.5 Å². The third-order valence-corrected chi connectivity index (χ3v) is 5.39. The zero-order valence-corrected chi connectivity index (χ0v) is 13.8. The molecule has 1 aromatic heterocycles. The van der Waals surface area contributed by atoms with Crippen molar-refractivity contribution in [3.8, 4) is 0 Å². The van der Waals surface area contributed by atoms with Crippen molar-refractivity contribution in [3.05, 3.63) is 40.9 Å². The summed E-state index contributed by atoms with van der Waals surface area (Å²) in [4.78, 5) is 16.2. The van der Waals surface area contributed by atoms with Gasteiger partial charge in [0.1, 0.15) is 0 Å². The molecule has 2 aliphatic heterocycles. The Hall–Kier alpha value is -1.95. The van der Waals surface area contributed by atoms with Gasteiger partial charge < -0.3 is 9.80 Å². The first kappa shape index (κ1) is 14.6. The number of fused-ring (bicyclic) bond motifs is 1. The highest BCUT2D eigenvalue weighted by molar-refractivity contribution is 7.03. The van der Waals surface area contributed by atoms with Crippen molar-refractivity contribution in [3.63, 3.8) is 0 Å². The molecule has 3 heterocycles. The van der Waals surface area contributed by atoms with Crippen LogP contribution in [-0.4, -0.2) is 40.0 Å². The van der Waals surface area contributed by atoms with Crippen molar-refractivity contribution in [2.75, 3.05) is 24.5 Å². The summed E-state index contributed by atoms with van der Waals surface area (Å²) in [7, 11) is 0. The molecule has 1 aromatic carbocycles. The normalized spacial score (nSPS) is 20.3. The standard InChI is InChI=1S/C17H20N4OS/c22-17-6-3-8-20(17)9-7-13-10-21(11-14-12-23-19-18-14)16-5-2-1-4-15(13)16/h1-2,4-5,12-13H,3,6-11H2. The molecule has 0 aliphatic carbocycles. The molecule has 6 heteroatoms. The number of para-hydroxylation sites is 1. The van der Waals surface area contributed by atoms with Gasteiger partial charge in [0.2, 0.25) is 5.91 Å². The van der Waals surface area contributed by atoms with E-state index in [1.165, 1.54) is 22.8 Å². The van der Waals surface area contributed by atoms with Crippen LogP contribution >= 0.6 is 11.5 Å². The van der Waals surface area contributed by atoms with E-state index in [1.54, 1.807) is 0 Å². The fourth-order valence-electron chi connectivity index (χ4n) is 3.68. The number of carbonyl (C=O) groups excluding carboxylic acids is 1. The van der Waals surface area contributed by atoms with Gasteiger partial charge in [0.05, 0.1) is 12.2 Å². The molecule has 1 atom stereocenters. The number of benzene rings is 1. The van der Waals surface area contributed by atoms with Crippen LogP contribution in [0.5, 0.6) is 0 Å². The summed E-state index contributed by atoms with van der Waals surface area (Å²) in [6, 6.07) is 8.62. The molecular weight excluding hydrogens is 308 g/mol. The summed E-state index contributed by atoms with van der Waals surface area (Å²) in [6.07, 6.45) is 2.78. The molecule has 0 N–H and O–H groups in total. The summed E-state index contributed by atoms with van der Waals surface area (Å²) < 4.78 is 3.96. The molecule has 1 fully saturated rings. The summed E-state index contributed by atoms with van der Waals surface area (Å²) in [6.45, 7) is 3.62. The van der Waals surface area contributed by atoms with Gasteiger partial charge in [0.15, 0.2) is 0 Å². The van der Waals surface area contributed by atoms with E-state index < -0.39 is 0 Å². The third-order valence-electron chi connectivity index (χ3n) is 4.83. The van der Waals surface area contributed by atoms with Crippen LogP contribution in [0.1, 0.15) is 36.4 Å². The van der Waals surface area contributed by atoms with Crippen LogP contribution < -0.4 is 4.90 Å². The van der Waals surface area contributed by atoms with Gasteiger partial charge in [0.25, 0.3) is 0 Å². The number of carbonyl (C=O) groups is 1. The molecule has 120 valence electrons. The lowest BCUT2D eigenvalue weighted by molar-refractivity contribution is -0.127. The number of rotatable bonds is 5. The van der Waals surface area contributed by atoms with E-state index >= 15 is 0 Å². The highest BCUT2D eigenvalue weighted by Crippen LogP contribution is 2.38. The second kappa shape index (κ2) is 6.28. The predicted octanol–water partition coefficient (Wildman–Crippen LogP) is 2.65. The highest BCUT2D eigenvalue weighted by Gasteiger charge is 2.30. The topological polar surface area (TPSA) is 49.3 Å². The van der Waals surface area contributed by atoms with Crippen LogP contribution in [-0.2, 0) is 11.3 Å². The number of likely N-dealkylation sites (tertiary alicyclic amines) is 1. The summed E-state index contributed by atoms with van der Waals surface area (Å²) in [5.41, 5.74) is 3.74. The van der Waals surface area contributed by atoms with Gasteiger partial charge in [-0.3, -0.25) is 4.79 Å². The molecule has 5 nitrogen and oxygen atoms in total. The van der Waals surface area contributed by atoms with Crippen molar-refractivity contribution in [1.29, 1.82) is 0 Å². The second-order valence-corrected chi connectivity index (χ2v) is 6.92. The first-order chi connectivity index (χ1) is 11.3. The fourth-order valence-corrected chi connectivity index (χ4v) is 4.12. The van der Waals surface area contributed by atoms with Gasteiger partial charge in [-0.25, -0.2) is 0 Å². The Labute approximate surface area is 140 Å². The third kappa shape index (κ3) is 2.95. The summed E-state index contributed by atoms with van der Waals surface area (Å²) in [5.74, 6) is 0.813. The Morgan fingerprint density at radius 1 is 1.26 bits per heavy atom. The lowest BCUT2D eigenvalue weighted by Gasteiger charge is -2.20. The predicted molar refractivity (Wildman–Crippen MR) is 90.6 cm³/mol. The van der Waals surface area contributed by atoms with Crippen LogP contribution in [0.2, 0.25) is 0 Å². The number of anilines is 1. The quantitative estimate of drug-likeness (QED) is 0.847. The molecule has 1 saturated heterocycles. The van der Waals surface area contributed by atoms with Crippen molar-refractivity contribution >= 4 is 23.1 Å².